The van der Waals surface area contributed by atoms with Gasteiger partial charge in [0.05, 0.1) is 10.2 Å². The topological polar surface area (TPSA) is 164 Å². The Labute approximate surface area is 84.3 Å². The Hall–Kier alpha value is -0.445. The second kappa shape index (κ2) is 22.7. The van der Waals surface area contributed by atoms with E-state index in [2.05, 4.69) is 0 Å². The van der Waals surface area contributed by atoms with Crippen LogP contribution in [-0.4, -0.2) is 15.6 Å². The van der Waals surface area contributed by atoms with Crippen LogP contribution in [-0.2, 0) is 0 Å². The molecule has 0 radical (unpaired) electrons. The van der Waals surface area contributed by atoms with Gasteiger partial charge in [-0.3, -0.25) is 0 Å². The molecule has 0 amide bonds. The maximum Gasteiger partial charge on any atom is 1.00 e. The average Bonchev–Trinajstić information content (AvgIpc) is 1.25. The first-order chi connectivity index (χ1) is 3.46. The molecule has 0 atom stereocenters. The Morgan fingerprint density at radius 2 is 0.727 bits per heavy atom. The molecule has 0 aliphatic heterocycles. The van der Waals surface area contributed by atoms with Gasteiger partial charge in [-0.05, 0) is 0 Å². The van der Waals surface area contributed by atoms with Crippen LogP contribution in [0.2, 0.25) is 0 Å². The van der Waals surface area contributed by atoms with E-state index in [9.17, 15) is 0 Å². The number of nitrogens with zero attached hydrogens (tertiary/aromatic N) is 2. The Morgan fingerprint density at radius 1 is 0.727 bits per heavy atom. The van der Waals surface area contributed by atoms with Crippen LogP contribution in [0, 0.1) is 30.6 Å². The summed E-state index contributed by atoms with van der Waals surface area (Å²) in [5, 5.41) is 29.5. The van der Waals surface area contributed by atoms with Crippen molar-refractivity contribution in [2.45, 2.75) is 0 Å². The zero-order valence-electron chi connectivity index (χ0n) is 5.84. The van der Waals surface area contributed by atoms with Gasteiger partial charge < -0.3 is 36.1 Å². The van der Waals surface area contributed by atoms with Crippen LogP contribution in [0.15, 0.2) is 0 Å². The third kappa shape index (κ3) is 2750. The van der Waals surface area contributed by atoms with Crippen molar-refractivity contribution in [1.82, 2.24) is 0 Å². The van der Waals surface area contributed by atoms with Gasteiger partial charge in [0.1, 0.15) is 0 Å². The normalized spacial score (nSPS) is 4.36. The molecule has 0 aliphatic carbocycles. The van der Waals surface area contributed by atoms with Crippen molar-refractivity contribution in [3.05, 3.63) is 30.6 Å². The summed E-state index contributed by atoms with van der Waals surface area (Å²) in [6.07, 6.45) is 0. The summed E-state index contributed by atoms with van der Waals surface area (Å²) in [5.74, 6) is 0. The number of hydrogen-bond acceptors (Lipinski definition) is 6. The summed E-state index contributed by atoms with van der Waals surface area (Å²) in [6.45, 7) is 0. The largest absolute Gasteiger partial charge is 1.00 e. The van der Waals surface area contributed by atoms with Crippen LogP contribution >= 0.6 is 0 Å². The molecular formula is H2Li2N2O7. The van der Waals surface area contributed by atoms with E-state index in [1.807, 2.05) is 0 Å². The molecule has 0 saturated carbocycles. The van der Waals surface area contributed by atoms with E-state index in [1.54, 1.807) is 0 Å². The molecule has 0 spiro atoms. The van der Waals surface area contributed by atoms with Gasteiger partial charge in [0, 0.05) is 0 Å². The van der Waals surface area contributed by atoms with Gasteiger partial charge in [0.15, 0.2) is 0 Å². The van der Waals surface area contributed by atoms with Crippen molar-refractivity contribution in [2.24, 2.45) is 0 Å². The van der Waals surface area contributed by atoms with E-state index in [0.29, 0.717) is 0 Å². The van der Waals surface area contributed by atoms with Crippen molar-refractivity contribution in [2.75, 3.05) is 0 Å². The predicted molar refractivity (Wildman–Crippen MR) is 24.3 cm³/mol. The molecule has 0 aliphatic rings. The zero-order chi connectivity index (χ0) is 7.15. The van der Waals surface area contributed by atoms with Crippen LogP contribution in [0.25, 0.3) is 0 Å². The molecule has 0 aromatic heterocycles. The fourth-order valence-corrected chi connectivity index (χ4v) is 0. The third-order valence-corrected chi connectivity index (χ3v) is 0. The van der Waals surface area contributed by atoms with Gasteiger partial charge in [-0.25, -0.2) is 0 Å². The van der Waals surface area contributed by atoms with Gasteiger partial charge in [-0.2, -0.15) is 0 Å². The number of rotatable bonds is 0. The van der Waals surface area contributed by atoms with Crippen LogP contribution in [0.3, 0.4) is 0 Å². The van der Waals surface area contributed by atoms with Crippen LogP contribution in [0.5, 0.6) is 0 Å². The van der Waals surface area contributed by atoms with Crippen molar-refractivity contribution in [1.29, 1.82) is 0 Å². The summed E-state index contributed by atoms with van der Waals surface area (Å²) in [7, 11) is 0. The molecule has 0 saturated heterocycles. The summed E-state index contributed by atoms with van der Waals surface area (Å²) in [5.41, 5.74) is 0. The van der Waals surface area contributed by atoms with Crippen LogP contribution in [0.1, 0.15) is 0 Å². The Morgan fingerprint density at radius 3 is 0.727 bits per heavy atom. The standard InChI is InChI=1S/2Li.2NO3.H2O/c;;2*2-1(3)4;/h;;;;1H2/q2*+1;2*-1;. The summed E-state index contributed by atoms with van der Waals surface area (Å²) >= 11 is 0. The first kappa shape index (κ1) is 31.2. The Balaban J connectivity index is -0.0000000171. The molecule has 0 fully saturated rings. The first-order valence-electron chi connectivity index (χ1n) is 1.10. The van der Waals surface area contributed by atoms with Crippen molar-refractivity contribution in [3.63, 3.8) is 0 Å². The minimum Gasteiger partial charge on any atom is -0.412 e. The quantitative estimate of drug-likeness (QED) is 0.192. The molecule has 2 N–H and O–H groups in total. The molecule has 0 heterocycles. The predicted octanol–water partition coefficient (Wildman–Crippen LogP) is -7.29. The molecule has 56 valence electrons. The monoisotopic (exact) mass is 156 g/mol. The molecule has 11 heavy (non-hydrogen) atoms. The SMILES string of the molecule is O.O=[N+]([O-])[O-].O=[N+]([O-])[O-].[Li+].[Li+]. The molecule has 0 aromatic rings. The van der Waals surface area contributed by atoms with E-state index < -0.39 is 10.2 Å². The fraction of sp³-hybridized carbons (Fsp3) is 0. The van der Waals surface area contributed by atoms with Gasteiger partial charge >= 0.3 is 37.7 Å². The molecular weight excluding hydrogens is 154 g/mol. The van der Waals surface area contributed by atoms with Crippen molar-refractivity contribution >= 4 is 0 Å². The van der Waals surface area contributed by atoms with Crippen molar-refractivity contribution < 1.29 is 53.4 Å². The third-order valence-electron chi connectivity index (χ3n) is 0. The Kier molecular flexibility index (Phi) is 64.3. The van der Waals surface area contributed by atoms with E-state index in [4.69, 9.17) is 30.6 Å². The van der Waals surface area contributed by atoms with E-state index in [1.165, 1.54) is 0 Å². The van der Waals surface area contributed by atoms with E-state index in [-0.39, 0.29) is 43.2 Å². The van der Waals surface area contributed by atoms with Gasteiger partial charge in [0.25, 0.3) is 0 Å². The maximum absolute atomic E-state index is 8.25. The molecule has 9 nitrogen and oxygen atoms in total. The molecule has 0 aromatic carbocycles. The van der Waals surface area contributed by atoms with Crippen molar-refractivity contribution in [3.8, 4) is 0 Å². The van der Waals surface area contributed by atoms with Gasteiger partial charge in [-0.1, -0.05) is 0 Å². The second-order valence-corrected chi connectivity index (χ2v) is 0.447. The summed E-state index contributed by atoms with van der Waals surface area (Å²) in [4.78, 5) is 16.5. The van der Waals surface area contributed by atoms with Crippen LogP contribution in [0.4, 0.5) is 0 Å². The van der Waals surface area contributed by atoms with E-state index >= 15 is 0 Å². The minimum absolute atomic E-state index is 0. The Bertz CT molecular complexity index is 72.4. The summed E-state index contributed by atoms with van der Waals surface area (Å²) in [6, 6.07) is 0. The summed E-state index contributed by atoms with van der Waals surface area (Å²) < 4.78 is 0. The first-order valence-corrected chi connectivity index (χ1v) is 1.10. The molecule has 0 rings (SSSR count). The maximum atomic E-state index is 8.25. The molecule has 0 bridgehead atoms. The van der Waals surface area contributed by atoms with E-state index in [0.717, 1.165) is 0 Å². The molecule has 0 unspecified atom stereocenters. The van der Waals surface area contributed by atoms with Crippen LogP contribution < -0.4 is 37.7 Å². The fourth-order valence-electron chi connectivity index (χ4n) is 0. The minimum atomic E-state index is -1.75. The molecule has 11 heteroatoms. The van der Waals surface area contributed by atoms with Gasteiger partial charge in [-0.15, -0.1) is 0 Å². The smallest absolute Gasteiger partial charge is 0.412 e. The second-order valence-electron chi connectivity index (χ2n) is 0.447. The van der Waals surface area contributed by atoms with Gasteiger partial charge in [0.2, 0.25) is 0 Å². The zero-order valence-corrected chi connectivity index (χ0v) is 5.84. The average molecular weight is 156 g/mol. The number of hydrogen-bond donors (Lipinski definition) is 0.